The van der Waals surface area contributed by atoms with Crippen molar-refractivity contribution < 1.29 is 55.9 Å². The number of carbonyl (C=O) groups excluding carboxylic acids is 8. The highest BCUT2D eigenvalue weighted by molar-refractivity contribution is 6.43. The first-order chi connectivity index (χ1) is 46.6. The van der Waals surface area contributed by atoms with Gasteiger partial charge < -0.3 is 0 Å². The minimum atomic E-state index is -0.720. The normalized spacial score (nSPS) is 14.7. The van der Waals surface area contributed by atoms with Gasteiger partial charge in [-0.2, -0.15) is 0 Å². The van der Waals surface area contributed by atoms with Crippen LogP contribution >= 0.6 is 0 Å². The lowest BCUT2D eigenvalue weighted by Crippen LogP contribution is -2.41. The molecule has 10 aromatic carbocycles. The Kier molecular flexibility index (Phi) is 18.7. The molecule has 0 unspecified atom stereocenters. The van der Waals surface area contributed by atoms with Gasteiger partial charge >= 0.3 is 0 Å². The van der Waals surface area contributed by atoms with Crippen LogP contribution in [0.5, 0.6) is 0 Å². The predicted octanol–water partition coefficient (Wildman–Crippen LogP) is 19.9. The smallest absolute Gasteiger partial charge is 0.261 e. The second kappa shape index (κ2) is 27.3. The van der Waals surface area contributed by atoms with Crippen molar-refractivity contribution in [1.82, 2.24) is 19.6 Å². The third kappa shape index (κ3) is 10.9. The number of hydrogen-bond donors (Lipinski definition) is 0. The Morgan fingerprint density at radius 3 is 0.677 bits per heavy atom. The van der Waals surface area contributed by atoms with E-state index < -0.39 is 70.5 Å². The number of benzene rings is 10. The quantitative estimate of drug-likeness (QED) is 0.0155. The molecule has 0 radical (unpaired) electrons. The van der Waals surface area contributed by atoms with Crippen LogP contribution in [0.15, 0.2) is 72.8 Å². The summed E-state index contributed by atoms with van der Waals surface area (Å²) in [7, 11) is 0. The third-order valence-corrected chi connectivity index (χ3v) is 20.8. The van der Waals surface area contributed by atoms with Crippen LogP contribution in [0.4, 0.5) is 17.6 Å². The van der Waals surface area contributed by atoms with Gasteiger partial charge in [-0.1, -0.05) is 180 Å². The Morgan fingerprint density at radius 1 is 0.219 bits per heavy atom. The predicted molar refractivity (Wildman–Crippen MR) is 370 cm³/mol. The van der Waals surface area contributed by atoms with E-state index in [0.29, 0.717) is 97.2 Å². The molecule has 496 valence electrons. The maximum absolute atomic E-state index is 16.4. The van der Waals surface area contributed by atoms with Gasteiger partial charge in [-0.15, -0.1) is 0 Å². The van der Waals surface area contributed by atoms with Gasteiger partial charge in [0.2, 0.25) is 0 Å². The topological polar surface area (TPSA) is 150 Å². The van der Waals surface area contributed by atoms with E-state index in [9.17, 15) is 38.4 Å². The molecule has 16 heteroatoms. The van der Waals surface area contributed by atoms with E-state index in [1.54, 1.807) is 48.5 Å². The summed E-state index contributed by atoms with van der Waals surface area (Å²) in [6.45, 7) is 9.56. The van der Waals surface area contributed by atoms with Crippen LogP contribution in [0, 0.1) is 23.3 Å². The molecule has 0 saturated carbocycles. The highest BCUT2D eigenvalue weighted by Gasteiger charge is 2.41. The van der Waals surface area contributed by atoms with Crippen LogP contribution < -0.4 is 0 Å². The van der Waals surface area contributed by atoms with Crippen molar-refractivity contribution in [1.29, 1.82) is 0 Å². The molecule has 0 N–H and O–H groups in total. The number of fused-ring (bicyclic) bond motifs is 4. The fraction of sp³-hybridized carbons (Fsp3) is 0.400. The van der Waals surface area contributed by atoms with E-state index in [0.717, 1.165) is 145 Å². The van der Waals surface area contributed by atoms with Crippen LogP contribution in [-0.4, -0.2) is 93.0 Å². The monoisotopic (exact) mass is 1300 g/mol. The van der Waals surface area contributed by atoms with E-state index in [1.165, 1.54) is 26.8 Å². The Labute approximate surface area is 554 Å². The Bertz CT molecular complexity index is 4610. The molecule has 0 aromatic heterocycles. The van der Waals surface area contributed by atoms with Gasteiger partial charge in [0, 0.05) is 108 Å². The largest absolute Gasteiger partial charge is 0.274 e. The molecule has 14 rings (SSSR count). The van der Waals surface area contributed by atoms with Crippen LogP contribution in [-0.2, 0) is 0 Å². The zero-order valence-corrected chi connectivity index (χ0v) is 55.3. The number of halogens is 4. The van der Waals surface area contributed by atoms with E-state index >= 15 is 17.6 Å². The molecule has 0 atom stereocenters. The fourth-order valence-corrected chi connectivity index (χ4v) is 16.0. The highest BCUT2D eigenvalue weighted by Crippen LogP contribution is 2.51. The molecular weight excluding hydrogens is 1220 g/mol. The lowest BCUT2D eigenvalue weighted by Gasteiger charge is -2.30. The summed E-state index contributed by atoms with van der Waals surface area (Å²) in [5, 5.41) is 4.34. The van der Waals surface area contributed by atoms with Gasteiger partial charge in [0.05, 0.1) is 22.3 Å². The van der Waals surface area contributed by atoms with Crippen LogP contribution in [0.25, 0.3) is 86.2 Å². The molecule has 0 aliphatic carbocycles. The zero-order valence-electron chi connectivity index (χ0n) is 55.3. The molecule has 0 saturated heterocycles. The number of imide groups is 4. The lowest BCUT2D eigenvalue weighted by atomic mass is 9.81. The molecule has 12 nitrogen and oxygen atoms in total. The number of unbranched alkanes of at least 4 members (excludes halogenated alkanes) is 20. The van der Waals surface area contributed by atoms with E-state index in [2.05, 4.69) is 27.7 Å². The summed E-state index contributed by atoms with van der Waals surface area (Å²) in [5.74, 6) is -6.78. The summed E-state index contributed by atoms with van der Waals surface area (Å²) in [5.41, 5.74) is 1.44. The first-order valence-electron chi connectivity index (χ1n) is 35.2. The Balaban J connectivity index is 0.000000174. The fourth-order valence-electron chi connectivity index (χ4n) is 16.0. The van der Waals surface area contributed by atoms with Gasteiger partial charge in [-0.25, -0.2) is 17.6 Å². The van der Waals surface area contributed by atoms with Gasteiger partial charge in [0.25, 0.3) is 47.3 Å². The molecule has 4 aliphatic rings. The average Bonchev–Trinajstić information content (AvgIpc) is 0.692. The number of nitrogens with zero attached hydrogens (tertiary/aromatic N) is 4. The van der Waals surface area contributed by atoms with E-state index in [-0.39, 0.29) is 85.3 Å². The van der Waals surface area contributed by atoms with Crippen molar-refractivity contribution in [2.45, 2.75) is 182 Å². The average molecular weight is 1300 g/mol. The first-order valence-corrected chi connectivity index (χ1v) is 35.2. The van der Waals surface area contributed by atoms with Crippen LogP contribution in [0.2, 0.25) is 0 Å². The highest BCUT2D eigenvalue weighted by atomic mass is 19.1. The number of hydrogen-bond acceptors (Lipinski definition) is 8. The van der Waals surface area contributed by atoms with E-state index in [1.807, 2.05) is 0 Å². The molecule has 0 fully saturated rings. The molecule has 8 amide bonds. The number of rotatable bonds is 28. The third-order valence-electron chi connectivity index (χ3n) is 20.8. The molecule has 0 spiro atoms. The molecule has 96 heavy (non-hydrogen) atoms. The second-order valence-electron chi connectivity index (χ2n) is 26.9. The van der Waals surface area contributed by atoms with Crippen molar-refractivity contribution in [3.05, 3.63) is 141 Å². The van der Waals surface area contributed by atoms with Crippen LogP contribution in [0.3, 0.4) is 0 Å². The summed E-state index contributed by atoms with van der Waals surface area (Å²) in [4.78, 5) is 115. The van der Waals surface area contributed by atoms with Crippen molar-refractivity contribution >= 4 is 133 Å². The maximum Gasteiger partial charge on any atom is 0.261 e. The first kappa shape index (κ1) is 65.7. The summed E-state index contributed by atoms with van der Waals surface area (Å²) >= 11 is 0. The Morgan fingerprint density at radius 2 is 0.417 bits per heavy atom. The molecule has 0 bridgehead atoms. The summed E-state index contributed by atoms with van der Waals surface area (Å²) in [6.07, 6.45) is 23.8. The number of amides is 8. The van der Waals surface area contributed by atoms with Crippen LogP contribution in [0.1, 0.15) is 265 Å². The summed E-state index contributed by atoms with van der Waals surface area (Å²) in [6, 6.07) is 17.6. The van der Waals surface area contributed by atoms with Crippen molar-refractivity contribution in [3.8, 4) is 0 Å². The second-order valence-corrected chi connectivity index (χ2v) is 26.9. The van der Waals surface area contributed by atoms with Gasteiger partial charge in [-0.05, 0) is 101 Å². The van der Waals surface area contributed by atoms with Gasteiger partial charge in [-0.3, -0.25) is 58.0 Å². The van der Waals surface area contributed by atoms with Crippen molar-refractivity contribution in [3.63, 3.8) is 0 Å². The maximum atomic E-state index is 16.4. The minimum absolute atomic E-state index is 0.0397. The Hall–Kier alpha value is -8.92. The lowest BCUT2D eigenvalue weighted by molar-refractivity contribution is 0.0592. The van der Waals surface area contributed by atoms with Crippen molar-refractivity contribution in [2.24, 2.45) is 0 Å². The van der Waals surface area contributed by atoms with E-state index in [4.69, 9.17) is 0 Å². The minimum Gasteiger partial charge on any atom is -0.274 e. The molecular formula is C80H80F4N4O8. The molecule has 4 heterocycles. The van der Waals surface area contributed by atoms with Gasteiger partial charge in [0.15, 0.2) is 0 Å². The summed E-state index contributed by atoms with van der Waals surface area (Å²) < 4.78 is 65.4. The molecule has 10 aromatic rings. The van der Waals surface area contributed by atoms with Crippen molar-refractivity contribution in [2.75, 3.05) is 26.2 Å². The standard InChI is InChI=1S/2C40H40F2N2O4/c1-3-5-7-9-11-13-19-43-37(45)25-17-15-23-34-30(42)22-28-32-26(38(46)44(40(28)48)20-14-12-10-8-6-4-2)18-16-24(36(32)34)33-29(41)21-27(39(43)47)31(25)35(23)33;1-3-5-7-9-11-13-19-43-37(45)25-17-15-23-31-24(16-18-26(32(25)31)38(43)46)35-30(42)22-28-33-27(21-29(41)34(23)36(33)35)39(47)44(40(28)48)20-14-12-10-8-6-4-2/h2*15-18,21-22H,3-14,19-20H2,1-2H3. The zero-order chi connectivity index (χ0) is 67.4. The van der Waals surface area contributed by atoms with Gasteiger partial charge in [0.1, 0.15) is 23.3 Å². The number of carbonyl (C=O) groups is 8. The molecule has 4 aliphatic heterocycles. The SMILES string of the molecule is CCCCCCCCN1C(=O)c2ccc3c4c(F)cc5c6c(cc(F)c(c7ccc(c2c37)C1=O)c64)C(=O)N(CCCCCCCC)C5=O.CCCCCCCCN1C(=O)c2ccc3c4c(F)cc5c6c(ccc(c7c(F)cc(c2c37)C1=O)c64)C(=O)N(CCCCCCCC)C5=O.